The molecule has 1 aromatic rings. The second kappa shape index (κ2) is 8.49. The lowest BCUT2D eigenvalue weighted by Crippen LogP contribution is -2.70. The zero-order valence-electron chi connectivity index (χ0n) is 13.0. The van der Waals surface area contributed by atoms with E-state index in [1.807, 2.05) is 0 Å². The van der Waals surface area contributed by atoms with Crippen LogP contribution in [0.4, 0.5) is 0 Å². The molecule has 0 radical (unpaired) electrons. The van der Waals surface area contributed by atoms with E-state index >= 15 is 0 Å². The molecule has 0 aliphatic carbocycles. The fraction of sp³-hybridized carbons (Fsp3) is 0.333. The number of aliphatic hydroxyl groups is 1. The summed E-state index contributed by atoms with van der Waals surface area (Å²) in [4.78, 5) is 47.1. The molecule has 1 fully saturated rings. The molecule has 1 heterocycles. The van der Waals surface area contributed by atoms with E-state index in [1.54, 1.807) is 30.3 Å². The highest BCUT2D eigenvalue weighted by atomic mass is 32.2. The number of amides is 2. The first-order chi connectivity index (χ1) is 11.9. The Kier molecular flexibility index (Phi) is 6.37. The van der Waals surface area contributed by atoms with Crippen LogP contribution in [0.5, 0.6) is 5.75 Å². The summed E-state index contributed by atoms with van der Waals surface area (Å²) in [5, 5.41) is 18.5. The van der Waals surface area contributed by atoms with E-state index in [-0.39, 0.29) is 6.61 Å². The van der Waals surface area contributed by atoms with Gasteiger partial charge in [-0.3, -0.25) is 19.2 Å². The second-order valence-electron chi connectivity index (χ2n) is 5.05. The summed E-state index contributed by atoms with van der Waals surface area (Å²) in [5.41, 5.74) is 0. The van der Waals surface area contributed by atoms with E-state index in [4.69, 9.17) is 14.9 Å². The van der Waals surface area contributed by atoms with E-state index < -0.39 is 47.5 Å². The van der Waals surface area contributed by atoms with Crippen LogP contribution in [0.2, 0.25) is 0 Å². The number of nitrogens with one attached hydrogen (secondary N) is 1. The summed E-state index contributed by atoms with van der Waals surface area (Å²) >= 11 is 0.602. The standard InChI is InChI=1S/C15H16N2O7S/c18-7-12(22)25-15-13(14(23)17(15)6-11(20)21)16-10(19)8-24-9-4-2-1-3-5-9/h1-5,13,15,18H,6-8H2,(H,16,19)(H,20,21). The fourth-order valence-electron chi connectivity index (χ4n) is 2.15. The number of rotatable bonds is 8. The van der Waals surface area contributed by atoms with Gasteiger partial charge in [-0.1, -0.05) is 30.0 Å². The molecule has 9 nitrogen and oxygen atoms in total. The third-order valence-electron chi connectivity index (χ3n) is 3.26. The fourth-order valence-corrected chi connectivity index (χ4v) is 3.12. The van der Waals surface area contributed by atoms with Crippen molar-refractivity contribution in [3.63, 3.8) is 0 Å². The third kappa shape index (κ3) is 4.94. The van der Waals surface area contributed by atoms with Crippen molar-refractivity contribution >= 4 is 34.7 Å². The van der Waals surface area contributed by atoms with Crippen LogP contribution in [0.3, 0.4) is 0 Å². The average Bonchev–Trinajstić information content (AvgIpc) is 2.61. The molecular formula is C15H16N2O7S. The Morgan fingerprint density at radius 2 is 1.92 bits per heavy atom. The minimum Gasteiger partial charge on any atom is -0.484 e. The minimum absolute atomic E-state index is 0.335. The van der Waals surface area contributed by atoms with E-state index in [1.165, 1.54) is 0 Å². The molecule has 10 heteroatoms. The van der Waals surface area contributed by atoms with Crippen molar-refractivity contribution in [3.8, 4) is 5.75 Å². The van der Waals surface area contributed by atoms with Gasteiger partial charge in [0.2, 0.25) is 11.0 Å². The maximum Gasteiger partial charge on any atom is 0.323 e. The van der Waals surface area contributed by atoms with E-state index in [0.717, 1.165) is 4.90 Å². The van der Waals surface area contributed by atoms with Gasteiger partial charge in [-0.2, -0.15) is 0 Å². The number of carbonyl (C=O) groups excluding carboxylic acids is 3. The van der Waals surface area contributed by atoms with Gasteiger partial charge in [-0.05, 0) is 12.1 Å². The van der Waals surface area contributed by atoms with Crippen LogP contribution in [0.25, 0.3) is 0 Å². The van der Waals surface area contributed by atoms with Crippen molar-refractivity contribution in [2.24, 2.45) is 0 Å². The molecule has 0 aromatic heterocycles. The molecular weight excluding hydrogens is 352 g/mol. The number of carboxylic acid groups (broad SMARTS) is 1. The molecule has 1 aliphatic rings. The second-order valence-corrected chi connectivity index (χ2v) is 6.22. The molecule has 25 heavy (non-hydrogen) atoms. The lowest BCUT2D eigenvalue weighted by atomic mass is 10.1. The zero-order chi connectivity index (χ0) is 18.4. The molecule has 1 saturated heterocycles. The minimum atomic E-state index is -1.24. The monoisotopic (exact) mass is 368 g/mol. The maximum atomic E-state index is 12.0. The van der Waals surface area contributed by atoms with Crippen LogP contribution < -0.4 is 10.1 Å². The van der Waals surface area contributed by atoms with Gasteiger partial charge in [0.05, 0.1) is 0 Å². The van der Waals surface area contributed by atoms with Gasteiger partial charge in [0.25, 0.3) is 5.91 Å². The zero-order valence-corrected chi connectivity index (χ0v) is 13.8. The van der Waals surface area contributed by atoms with E-state index in [0.29, 0.717) is 17.5 Å². The smallest absolute Gasteiger partial charge is 0.323 e. The topological polar surface area (TPSA) is 133 Å². The van der Waals surface area contributed by atoms with E-state index in [9.17, 15) is 19.2 Å². The lowest BCUT2D eigenvalue weighted by Gasteiger charge is -2.45. The van der Waals surface area contributed by atoms with Crippen LogP contribution in [0.15, 0.2) is 30.3 Å². The molecule has 2 rings (SSSR count). The Hall–Kier alpha value is -2.59. The highest BCUT2D eigenvalue weighted by molar-refractivity contribution is 8.14. The number of aliphatic hydroxyl groups excluding tert-OH is 1. The Balaban J connectivity index is 1.93. The van der Waals surface area contributed by atoms with Crippen LogP contribution in [-0.2, 0) is 19.2 Å². The first-order valence-corrected chi connectivity index (χ1v) is 8.10. The molecule has 0 spiro atoms. The number of nitrogens with zero attached hydrogens (tertiary/aromatic N) is 1. The van der Waals surface area contributed by atoms with Crippen molar-refractivity contribution in [1.29, 1.82) is 0 Å². The van der Waals surface area contributed by atoms with Crippen LogP contribution >= 0.6 is 11.8 Å². The molecule has 134 valence electrons. The molecule has 0 bridgehead atoms. The molecule has 2 unspecified atom stereocenters. The van der Waals surface area contributed by atoms with Crippen LogP contribution in [-0.4, -0.2) is 69.2 Å². The number of hydrogen-bond donors (Lipinski definition) is 3. The number of thioether (sulfide) groups is 1. The van der Waals surface area contributed by atoms with Crippen molar-refractivity contribution in [3.05, 3.63) is 30.3 Å². The van der Waals surface area contributed by atoms with Gasteiger partial charge < -0.3 is 25.2 Å². The predicted octanol–water partition coefficient (Wildman–Crippen LogP) is -0.945. The van der Waals surface area contributed by atoms with Crippen molar-refractivity contribution in [1.82, 2.24) is 10.2 Å². The van der Waals surface area contributed by atoms with Crippen LogP contribution in [0, 0.1) is 0 Å². The first-order valence-electron chi connectivity index (χ1n) is 7.22. The molecule has 3 N–H and O–H groups in total. The maximum absolute atomic E-state index is 12.0. The van der Waals surface area contributed by atoms with Gasteiger partial charge in [-0.25, -0.2) is 0 Å². The van der Waals surface area contributed by atoms with Gasteiger partial charge >= 0.3 is 5.97 Å². The van der Waals surface area contributed by atoms with Crippen molar-refractivity contribution in [2.45, 2.75) is 11.4 Å². The summed E-state index contributed by atoms with van der Waals surface area (Å²) in [6, 6.07) is 7.53. The Bertz CT molecular complexity index is 667. The molecule has 1 aromatic carbocycles. The lowest BCUT2D eigenvalue weighted by molar-refractivity contribution is -0.155. The van der Waals surface area contributed by atoms with Gasteiger partial charge in [-0.15, -0.1) is 0 Å². The summed E-state index contributed by atoms with van der Waals surface area (Å²) < 4.78 is 5.26. The molecule has 1 aliphatic heterocycles. The van der Waals surface area contributed by atoms with Gasteiger partial charge in [0, 0.05) is 0 Å². The first kappa shape index (κ1) is 18.7. The number of benzene rings is 1. The number of carboxylic acids is 1. The SMILES string of the molecule is O=C(O)CN1C(=O)C(NC(=O)COc2ccccc2)C1SC(=O)CO. The largest absolute Gasteiger partial charge is 0.484 e. The number of para-hydroxylation sites is 1. The highest BCUT2D eigenvalue weighted by Gasteiger charge is 2.50. The quantitative estimate of drug-likeness (QED) is 0.501. The summed E-state index contributed by atoms with van der Waals surface area (Å²) in [6.45, 7) is -1.69. The molecule has 2 atom stereocenters. The van der Waals surface area contributed by atoms with Gasteiger partial charge in [0.15, 0.2) is 6.61 Å². The van der Waals surface area contributed by atoms with Gasteiger partial charge in [0.1, 0.15) is 30.3 Å². The Morgan fingerprint density at radius 3 is 2.52 bits per heavy atom. The van der Waals surface area contributed by atoms with Crippen LogP contribution in [0.1, 0.15) is 0 Å². The number of hydrogen-bond acceptors (Lipinski definition) is 7. The number of ether oxygens (including phenoxy) is 1. The summed E-state index contributed by atoms with van der Waals surface area (Å²) in [7, 11) is 0. The normalized spacial score (nSPS) is 19.1. The molecule has 0 saturated carbocycles. The highest BCUT2D eigenvalue weighted by Crippen LogP contribution is 2.30. The average molecular weight is 368 g/mol. The summed E-state index contributed by atoms with van der Waals surface area (Å²) in [5.74, 6) is -1.96. The van der Waals surface area contributed by atoms with E-state index in [2.05, 4.69) is 5.32 Å². The Morgan fingerprint density at radius 1 is 1.24 bits per heavy atom. The number of likely N-dealkylation sites (tertiary alicyclic amines) is 1. The predicted molar refractivity (Wildman–Crippen MR) is 86.7 cm³/mol. The molecule has 2 amide bonds. The third-order valence-corrected chi connectivity index (χ3v) is 4.42. The van der Waals surface area contributed by atoms with Crippen molar-refractivity contribution in [2.75, 3.05) is 19.8 Å². The van der Waals surface area contributed by atoms with Crippen molar-refractivity contribution < 1.29 is 34.1 Å². The number of carbonyl (C=O) groups is 4. The number of aliphatic carboxylic acids is 1. The summed E-state index contributed by atoms with van der Waals surface area (Å²) in [6.07, 6.45) is 0. The Labute approximate surface area is 146 Å². The number of β-lactam (4-membered cyclic amide) rings is 1.